The topological polar surface area (TPSA) is 75.7 Å². The Kier molecular flexibility index (Phi) is 5.19. The summed E-state index contributed by atoms with van der Waals surface area (Å²) in [4.78, 5) is 13.8. The van der Waals surface area contributed by atoms with Crippen LogP contribution in [0.4, 0.5) is 4.79 Å². The normalized spacial score (nSPS) is 18.7. The highest BCUT2D eigenvalue weighted by Gasteiger charge is 2.35. The predicted molar refractivity (Wildman–Crippen MR) is 78.9 cm³/mol. The number of carbonyl (C=O) groups excluding carboxylic acids is 1. The number of amides is 2. The van der Waals surface area contributed by atoms with Crippen LogP contribution in [0.25, 0.3) is 0 Å². The average molecular weight is 312 g/mol. The molecule has 1 heterocycles. The Hall–Kier alpha value is -1.60. The van der Waals surface area contributed by atoms with Crippen LogP contribution in [0.2, 0.25) is 0 Å². The maximum atomic E-state index is 12.5. The van der Waals surface area contributed by atoms with Crippen molar-refractivity contribution < 1.29 is 17.9 Å². The molecule has 1 aromatic rings. The molecule has 1 atom stereocenters. The van der Waals surface area contributed by atoms with Crippen molar-refractivity contribution in [3.05, 3.63) is 30.3 Å². The third-order valence-electron chi connectivity index (χ3n) is 3.53. The number of hydrogen-bond donors (Lipinski definition) is 1. The fourth-order valence-corrected chi connectivity index (χ4v) is 4.05. The van der Waals surface area contributed by atoms with Gasteiger partial charge in [0.15, 0.2) is 9.84 Å². The lowest BCUT2D eigenvalue weighted by Crippen LogP contribution is -2.40. The third-order valence-corrected chi connectivity index (χ3v) is 5.72. The van der Waals surface area contributed by atoms with Gasteiger partial charge in [0.05, 0.1) is 16.8 Å². The van der Waals surface area contributed by atoms with Gasteiger partial charge in [-0.15, -0.1) is 0 Å². The van der Waals surface area contributed by atoms with E-state index in [1.807, 2.05) is 0 Å². The van der Waals surface area contributed by atoms with E-state index < -0.39 is 15.1 Å². The van der Waals surface area contributed by atoms with Gasteiger partial charge in [0, 0.05) is 26.7 Å². The number of nitrogens with zero attached hydrogens (tertiary/aromatic N) is 1. The van der Waals surface area contributed by atoms with Gasteiger partial charge in [-0.05, 0) is 18.6 Å². The second-order valence-corrected chi connectivity index (χ2v) is 7.17. The molecule has 0 aliphatic carbocycles. The van der Waals surface area contributed by atoms with E-state index in [9.17, 15) is 13.2 Å². The Balaban J connectivity index is 1.97. The van der Waals surface area contributed by atoms with Gasteiger partial charge in [-0.3, -0.25) is 0 Å². The molecule has 1 aromatic carbocycles. The lowest BCUT2D eigenvalue weighted by atomic mass is 10.4. The first kappa shape index (κ1) is 15.8. The van der Waals surface area contributed by atoms with Crippen LogP contribution in [0.5, 0.6) is 0 Å². The van der Waals surface area contributed by atoms with E-state index in [4.69, 9.17) is 4.74 Å². The molecule has 1 saturated heterocycles. The van der Waals surface area contributed by atoms with E-state index in [1.165, 1.54) is 0 Å². The third kappa shape index (κ3) is 3.74. The van der Waals surface area contributed by atoms with Gasteiger partial charge in [0.1, 0.15) is 0 Å². The van der Waals surface area contributed by atoms with Crippen LogP contribution >= 0.6 is 0 Å². The molecule has 2 amide bonds. The summed E-state index contributed by atoms with van der Waals surface area (Å²) in [5.41, 5.74) is 0. The zero-order valence-corrected chi connectivity index (χ0v) is 12.8. The van der Waals surface area contributed by atoms with Gasteiger partial charge in [-0.2, -0.15) is 0 Å². The second kappa shape index (κ2) is 6.91. The number of nitrogens with one attached hydrogen (secondary N) is 1. The number of sulfone groups is 1. The summed E-state index contributed by atoms with van der Waals surface area (Å²) in [6, 6.07) is 8.14. The summed E-state index contributed by atoms with van der Waals surface area (Å²) in [7, 11) is -1.82. The number of benzene rings is 1. The van der Waals surface area contributed by atoms with E-state index in [-0.39, 0.29) is 12.6 Å². The fraction of sp³-hybridized carbons (Fsp3) is 0.500. The van der Waals surface area contributed by atoms with Crippen molar-refractivity contribution in [1.29, 1.82) is 0 Å². The van der Waals surface area contributed by atoms with Crippen LogP contribution in [0.3, 0.4) is 0 Å². The highest BCUT2D eigenvalue weighted by atomic mass is 32.2. The van der Waals surface area contributed by atoms with Crippen molar-refractivity contribution in [3.8, 4) is 0 Å². The number of methoxy groups -OCH3 is 1. The molecule has 1 unspecified atom stereocenters. The number of hydrogen-bond acceptors (Lipinski definition) is 4. The van der Waals surface area contributed by atoms with Gasteiger partial charge in [-0.25, -0.2) is 13.2 Å². The molecule has 0 spiro atoms. The van der Waals surface area contributed by atoms with E-state index >= 15 is 0 Å². The first-order valence-corrected chi connectivity index (χ1v) is 8.41. The van der Waals surface area contributed by atoms with Crippen molar-refractivity contribution in [2.24, 2.45) is 0 Å². The monoisotopic (exact) mass is 312 g/mol. The maximum Gasteiger partial charge on any atom is 0.317 e. The Labute approximate surface area is 125 Å². The van der Waals surface area contributed by atoms with Crippen molar-refractivity contribution in [1.82, 2.24) is 10.2 Å². The highest BCUT2D eigenvalue weighted by Crippen LogP contribution is 2.23. The Morgan fingerprint density at radius 3 is 2.76 bits per heavy atom. The van der Waals surface area contributed by atoms with E-state index in [2.05, 4.69) is 5.32 Å². The SMILES string of the molecule is COCCNC(=O)N1CCC(S(=O)(=O)c2ccccc2)C1. The molecule has 1 N–H and O–H groups in total. The summed E-state index contributed by atoms with van der Waals surface area (Å²) in [5, 5.41) is 2.17. The first-order valence-electron chi connectivity index (χ1n) is 6.86. The average Bonchev–Trinajstić information content (AvgIpc) is 2.99. The van der Waals surface area contributed by atoms with Crippen LogP contribution in [0.1, 0.15) is 6.42 Å². The number of likely N-dealkylation sites (tertiary alicyclic amines) is 1. The van der Waals surface area contributed by atoms with E-state index in [0.29, 0.717) is 31.0 Å². The summed E-state index contributed by atoms with van der Waals surface area (Å²) in [6.45, 7) is 1.54. The molecule has 0 saturated carbocycles. The van der Waals surface area contributed by atoms with E-state index in [0.717, 1.165) is 0 Å². The van der Waals surface area contributed by atoms with Crippen molar-refractivity contribution >= 4 is 15.9 Å². The Bertz CT molecular complexity index is 574. The molecule has 1 fully saturated rings. The van der Waals surface area contributed by atoms with Crippen LogP contribution in [0.15, 0.2) is 35.2 Å². The largest absolute Gasteiger partial charge is 0.383 e. The number of urea groups is 1. The molecule has 0 radical (unpaired) electrons. The van der Waals surface area contributed by atoms with E-state index in [1.54, 1.807) is 42.3 Å². The smallest absolute Gasteiger partial charge is 0.317 e. The quantitative estimate of drug-likeness (QED) is 0.819. The molecule has 2 rings (SSSR count). The Morgan fingerprint density at radius 1 is 1.38 bits per heavy atom. The van der Waals surface area contributed by atoms with Gasteiger partial charge in [0.2, 0.25) is 0 Å². The number of ether oxygens (including phenoxy) is 1. The highest BCUT2D eigenvalue weighted by molar-refractivity contribution is 7.92. The molecule has 1 aliphatic rings. The predicted octanol–water partition coefficient (Wildman–Crippen LogP) is 0.891. The minimum absolute atomic E-state index is 0.232. The van der Waals surface area contributed by atoms with Crippen molar-refractivity contribution in [2.45, 2.75) is 16.6 Å². The summed E-state index contributed by atoms with van der Waals surface area (Å²) < 4.78 is 29.8. The van der Waals surface area contributed by atoms with Crippen LogP contribution < -0.4 is 5.32 Å². The minimum Gasteiger partial charge on any atom is -0.383 e. The maximum absolute atomic E-state index is 12.5. The molecule has 0 bridgehead atoms. The summed E-state index contributed by atoms with van der Waals surface area (Å²) in [6.07, 6.45) is 0.467. The lowest BCUT2D eigenvalue weighted by Gasteiger charge is -2.17. The van der Waals surface area contributed by atoms with Crippen molar-refractivity contribution in [2.75, 3.05) is 33.4 Å². The molecule has 7 heteroatoms. The second-order valence-electron chi connectivity index (χ2n) is 4.94. The standard InChI is InChI=1S/C14H20N2O4S/c1-20-10-8-15-14(17)16-9-7-13(11-16)21(18,19)12-5-3-2-4-6-12/h2-6,13H,7-11H2,1H3,(H,15,17). The molecular formula is C14H20N2O4S. The molecule has 1 aliphatic heterocycles. The Morgan fingerprint density at radius 2 is 2.10 bits per heavy atom. The van der Waals surface area contributed by atoms with Crippen LogP contribution in [-0.2, 0) is 14.6 Å². The summed E-state index contributed by atoms with van der Waals surface area (Å²) >= 11 is 0. The van der Waals surface area contributed by atoms with Gasteiger partial charge >= 0.3 is 6.03 Å². The number of carbonyl (C=O) groups is 1. The van der Waals surface area contributed by atoms with Crippen LogP contribution in [0, 0.1) is 0 Å². The zero-order chi connectivity index (χ0) is 15.3. The fourth-order valence-electron chi connectivity index (χ4n) is 2.34. The number of rotatable bonds is 5. The minimum atomic E-state index is -3.38. The van der Waals surface area contributed by atoms with Gasteiger partial charge < -0.3 is 15.0 Å². The molecule has 6 nitrogen and oxygen atoms in total. The molecule has 21 heavy (non-hydrogen) atoms. The van der Waals surface area contributed by atoms with Gasteiger partial charge in [-0.1, -0.05) is 18.2 Å². The lowest BCUT2D eigenvalue weighted by molar-refractivity contribution is 0.185. The van der Waals surface area contributed by atoms with Gasteiger partial charge in [0.25, 0.3) is 0 Å². The molecule has 0 aromatic heterocycles. The van der Waals surface area contributed by atoms with Crippen molar-refractivity contribution in [3.63, 3.8) is 0 Å². The molecule has 116 valence electrons. The zero-order valence-electron chi connectivity index (χ0n) is 12.0. The van der Waals surface area contributed by atoms with Crippen LogP contribution in [-0.4, -0.2) is 57.9 Å². The summed E-state index contributed by atoms with van der Waals surface area (Å²) in [5.74, 6) is 0. The molecular weight excluding hydrogens is 292 g/mol. The first-order chi connectivity index (χ1) is 10.1.